The van der Waals surface area contributed by atoms with Crippen LogP contribution >= 0.6 is 0 Å². The van der Waals surface area contributed by atoms with Crippen LogP contribution in [0, 0.1) is 6.92 Å². The van der Waals surface area contributed by atoms with Crippen molar-refractivity contribution in [3.05, 3.63) is 60.2 Å². The number of aliphatic imine (C=N–C) groups is 1. The minimum atomic E-state index is 0.479. The maximum atomic E-state index is 6.01. The van der Waals surface area contributed by atoms with Crippen molar-refractivity contribution in [1.82, 2.24) is 0 Å². The van der Waals surface area contributed by atoms with Gasteiger partial charge in [-0.05, 0) is 36.8 Å². The number of hydrogen-bond acceptors (Lipinski definition) is 1. The van der Waals surface area contributed by atoms with Crippen molar-refractivity contribution in [3.63, 3.8) is 0 Å². The molecular weight excluding hydrogens is 222 g/mol. The van der Waals surface area contributed by atoms with E-state index in [1.807, 2.05) is 54.4 Å². The molecule has 0 aliphatic carbocycles. The third kappa shape index (κ3) is 2.88. The molecule has 2 aromatic carbocycles. The summed E-state index contributed by atoms with van der Waals surface area (Å²) in [5.74, 6) is 0.479. The van der Waals surface area contributed by atoms with Crippen molar-refractivity contribution in [3.8, 4) is 0 Å². The molecule has 2 N–H and O–H groups in total. The monoisotopic (exact) mass is 239 g/mol. The van der Waals surface area contributed by atoms with E-state index < -0.39 is 0 Å². The number of para-hydroxylation sites is 1. The van der Waals surface area contributed by atoms with Gasteiger partial charge in [-0.25, -0.2) is 4.99 Å². The van der Waals surface area contributed by atoms with Crippen LogP contribution in [0.3, 0.4) is 0 Å². The minimum Gasteiger partial charge on any atom is -0.369 e. The van der Waals surface area contributed by atoms with Gasteiger partial charge >= 0.3 is 0 Å². The largest absolute Gasteiger partial charge is 0.369 e. The highest BCUT2D eigenvalue weighted by Crippen LogP contribution is 2.16. The summed E-state index contributed by atoms with van der Waals surface area (Å²) in [5, 5.41) is 0. The lowest BCUT2D eigenvalue weighted by molar-refractivity contribution is 1.21. The van der Waals surface area contributed by atoms with E-state index in [-0.39, 0.29) is 0 Å². The molecule has 0 fully saturated rings. The van der Waals surface area contributed by atoms with Crippen LogP contribution in [0.4, 0.5) is 11.4 Å². The van der Waals surface area contributed by atoms with Crippen molar-refractivity contribution in [1.29, 1.82) is 0 Å². The van der Waals surface area contributed by atoms with Gasteiger partial charge in [0.15, 0.2) is 0 Å². The predicted octanol–water partition coefficient (Wildman–Crippen LogP) is 3.08. The van der Waals surface area contributed by atoms with Crippen molar-refractivity contribution in [2.45, 2.75) is 6.92 Å². The van der Waals surface area contributed by atoms with E-state index in [1.165, 1.54) is 5.56 Å². The number of nitrogens with two attached hydrogens (primary N) is 1. The molecule has 0 unspecified atom stereocenters. The first kappa shape index (κ1) is 12.2. The van der Waals surface area contributed by atoms with Crippen LogP contribution in [0.15, 0.2) is 59.6 Å². The van der Waals surface area contributed by atoms with E-state index in [4.69, 9.17) is 5.73 Å². The summed E-state index contributed by atoms with van der Waals surface area (Å²) in [6.45, 7) is 2.06. The molecule has 3 heteroatoms. The molecule has 0 radical (unpaired) electrons. The third-order valence-corrected chi connectivity index (χ3v) is 2.73. The van der Waals surface area contributed by atoms with Crippen LogP contribution in [0.25, 0.3) is 0 Å². The summed E-state index contributed by atoms with van der Waals surface area (Å²) in [6, 6.07) is 17.9. The fourth-order valence-corrected chi connectivity index (χ4v) is 1.68. The Bertz CT molecular complexity index is 547. The summed E-state index contributed by atoms with van der Waals surface area (Å²) in [5.41, 5.74) is 9.10. The zero-order chi connectivity index (χ0) is 13.0. The molecule has 2 aromatic rings. The van der Waals surface area contributed by atoms with Gasteiger partial charge in [0.25, 0.3) is 0 Å². The van der Waals surface area contributed by atoms with Crippen LogP contribution in [-0.2, 0) is 0 Å². The van der Waals surface area contributed by atoms with Crippen LogP contribution in [0.1, 0.15) is 5.56 Å². The first-order chi connectivity index (χ1) is 8.66. The van der Waals surface area contributed by atoms with E-state index in [9.17, 15) is 0 Å². The lowest BCUT2D eigenvalue weighted by Gasteiger charge is -2.18. The van der Waals surface area contributed by atoms with Crippen molar-refractivity contribution >= 4 is 17.3 Å². The van der Waals surface area contributed by atoms with Gasteiger partial charge in [0.1, 0.15) is 0 Å². The van der Waals surface area contributed by atoms with E-state index in [2.05, 4.69) is 24.0 Å². The number of benzene rings is 2. The molecule has 0 amide bonds. The number of rotatable bonds is 2. The van der Waals surface area contributed by atoms with Crippen LogP contribution in [0.5, 0.6) is 0 Å². The quantitative estimate of drug-likeness (QED) is 0.646. The second-order valence-corrected chi connectivity index (χ2v) is 4.20. The molecule has 0 aliphatic heterocycles. The Kier molecular flexibility index (Phi) is 3.63. The Morgan fingerprint density at radius 1 is 1.06 bits per heavy atom. The molecule has 0 aliphatic rings. The molecule has 0 aromatic heterocycles. The number of aryl methyl sites for hydroxylation is 1. The van der Waals surface area contributed by atoms with Gasteiger partial charge in [0.2, 0.25) is 5.96 Å². The Balaban J connectivity index is 2.24. The lowest BCUT2D eigenvalue weighted by Crippen LogP contribution is -2.33. The number of hydrogen-bond donors (Lipinski definition) is 1. The predicted molar refractivity (Wildman–Crippen MR) is 77.3 cm³/mol. The van der Waals surface area contributed by atoms with E-state index >= 15 is 0 Å². The molecule has 0 heterocycles. The Morgan fingerprint density at radius 2 is 1.78 bits per heavy atom. The molecule has 3 nitrogen and oxygen atoms in total. The first-order valence-electron chi connectivity index (χ1n) is 5.86. The third-order valence-electron chi connectivity index (χ3n) is 2.73. The van der Waals surface area contributed by atoms with Gasteiger partial charge in [-0.15, -0.1) is 0 Å². The van der Waals surface area contributed by atoms with Gasteiger partial charge in [-0.1, -0.05) is 30.3 Å². The average Bonchev–Trinajstić information content (AvgIpc) is 2.39. The van der Waals surface area contributed by atoms with Crippen LogP contribution < -0.4 is 10.6 Å². The highest BCUT2D eigenvalue weighted by molar-refractivity contribution is 5.95. The summed E-state index contributed by atoms with van der Waals surface area (Å²) in [4.78, 5) is 6.26. The number of anilines is 1. The van der Waals surface area contributed by atoms with Crippen LogP contribution in [-0.4, -0.2) is 13.0 Å². The highest BCUT2D eigenvalue weighted by atomic mass is 15.2. The molecule has 0 spiro atoms. The molecule has 0 saturated carbocycles. The Hall–Kier alpha value is -2.29. The van der Waals surface area contributed by atoms with Crippen molar-refractivity contribution < 1.29 is 0 Å². The molecule has 0 bridgehead atoms. The van der Waals surface area contributed by atoms with E-state index in [1.54, 1.807) is 0 Å². The Morgan fingerprint density at radius 3 is 2.44 bits per heavy atom. The van der Waals surface area contributed by atoms with Crippen LogP contribution in [0.2, 0.25) is 0 Å². The average molecular weight is 239 g/mol. The van der Waals surface area contributed by atoms with Gasteiger partial charge < -0.3 is 10.6 Å². The Labute approximate surface area is 108 Å². The maximum Gasteiger partial charge on any atom is 0.200 e. The highest BCUT2D eigenvalue weighted by Gasteiger charge is 2.04. The van der Waals surface area contributed by atoms with E-state index in [0.29, 0.717) is 5.96 Å². The first-order valence-corrected chi connectivity index (χ1v) is 5.86. The SMILES string of the molecule is Cc1cccc(N(C)C(N)=Nc2ccccc2)c1. The molecule has 2 rings (SSSR count). The van der Waals surface area contributed by atoms with Gasteiger partial charge in [-0.3, -0.25) is 0 Å². The van der Waals surface area contributed by atoms with Crippen molar-refractivity contribution in [2.24, 2.45) is 10.7 Å². The lowest BCUT2D eigenvalue weighted by atomic mass is 10.2. The summed E-state index contributed by atoms with van der Waals surface area (Å²) in [7, 11) is 1.91. The molecule has 92 valence electrons. The zero-order valence-electron chi connectivity index (χ0n) is 10.7. The normalized spacial score (nSPS) is 11.3. The number of guanidine groups is 1. The summed E-state index contributed by atoms with van der Waals surface area (Å²) < 4.78 is 0. The maximum absolute atomic E-state index is 6.01. The second kappa shape index (κ2) is 5.36. The molecular formula is C15H17N3. The van der Waals surface area contributed by atoms with Gasteiger partial charge in [-0.2, -0.15) is 0 Å². The fourth-order valence-electron chi connectivity index (χ4n) is 1.68. The summed E-state index contributed by atoms with van der Waals surface area (Å²) in [6.07, 6.45) is 0. The molecule has 0 saturated heterocycles. The van der Waals surface area contributed by atoms with Crippen molar-refractivity contribution in [2.75, 3.05) is 11.9 Å². The number of nitrogens with zero attached hydrogens (tertiary/aromatic N) is 2. The van der Waals surface area contributed by atoms with E-state index in [0.717, 1.165) is 11.4 Å². The topological polar surface area (TPSA) is 41.6 Å². The smallest absolute Gasteiger partial charge is 0.200 e. The fraction of sp³-hybridized carbons (Fsp3) is 0.133. The standard InChI is InChI=1S/C15H17N3/c1-12-7-6-10-14(11-12)18(2)15(16)17-13-8-4-3-5-9-13/h3-11H,1-2H3,(H2,16,17). The van der Waals surface area contributed by atoms with Gasteiger partial charge in [0, 0.05) is 12.7 Å². The molecule has 18 heavy (non-hydrogen) atoms. The second-order valence-electron chi connectivity index (χ2n) is 4.20. The molecule has 0 atom stereocenters. The zero-order valence-corrected chi connectivity index (χ0v) is 10.7. The van der Waals surface area contributed by atoms with Gasteiger partial charge in [0.05, 0.1) is 5.69 Å². The minimum absolute atomic E-state index is 0.479. The summed E-state index contributed by atoms with van der Waals surface area (Å²) >= 11 is 0.